The summed E-state index contributed by atoms with van der Waals surface area (Å²) in [5.41, 5.74) is 3.18. The summed E-state index contributed by atoms with van der Waals surface area (Å²) in [7, 11) is 0. The summed E-state index contributed by atoms with van der Waals surface area (Å²) in [5, 5.41) is 19.5. The molecule has 0 saturated carbocycles. The quantitative estimate of drug-likeness (QED) is 0.244. The molecule has 196 valence electrons. The van der Waals surface area contributed by atoms with Crippen LogP contribution in [0.1, 0.15) is 27.4 Å². The minimum atomic E-state index is -1.10. The van der Waals surface area contributed by atoms with Crippen molar-refractivity contribution in [1.29, 1.82) is 0 Å². The molecule has 0 saturated heterocycles. The number of nitrogens with one attached hydrogen (secondary N) is 1. The van der Waals surface area contributed by atoms with Crippen LogP contribution >= 0.6 is 11.3 Å². The van der Waals surface area contributed by atoms with Crippen molar-refractivity contribution in [1.82, 2.24) is 9.97 Å². The van der Waals surface area contributed by atoms with E-state index >= 15 is 0 Å². The number of carbonyl (C=O) groups excluding carboxylic acids is 1. The Morgan fingerprint density at radius 2 is 1.74 bits per heavy atom. The molecule has 0 radical (unpaired) electrons. The number of rotatable bonds is 8. The lowest BCUT2D eigenvalue weighted by atomic mass is 10.1. The van der Waals surface area contributed by atoms with Crippen LogP contribution in [0, 0.1) is 6.92 Å². The number of nitrogens with zero attached hydrogens (tertiary/aromatic N) is 2. The topological polar surface area (TPSA) is 137 Å². The van der Waals surface area contributed by atoms with Crippen LogP contribution in [0.25, 0.3) is 21.9 Å². The van der Waals surface area contributed by atoms with E-state index in [1.54, 1.807) is 43.3 Å². The van der Waals surface area contributed by atoms with Crippen LogP contribution in [0.5, 0.6) is 5.88 Å². The van der Waals surface area contributed by atoms with E-state index in [0.717, 1.165) is 22.5 Å². The van der Waals surface area contributed by atoms with Gasteiger partial charge in [-0.1, -0.05) is 59.9 Å². The van der Waals surface area contributed by atoms with E-state index in [2.05, 4.69) is 9.97 Å². The predicted octanol–water partition coefficient (Wildman–Crippen LogP) is 5.25. The number of aromatic hydroxyl groups is 1. The van der Waals surface area contributed by atoms with Crippen molar-refractivity contribution < 1.29 is 24.2 Å². The van der Waals surface area contributed by atoms with Gasteiger partial charge in [0.2, 0.25) is 17.7 Å². The molecule has 0 fully saturated rings. The zero-order valence-corrected chi connectivity index (χ0v) is 21.6. The van der Waals surface area contributed by atoms with E-state index in [0.29, 0.717) is 33.5 Å². The maximum Gasteiger partial charge on any atom is 0.335 e. The third kappa shape index (κ3) is 5.65. The van der Waals surface area contributed by atoms with Gasteiger partial charge in [-0.3, -0.25) is 14.6 Å². The first-order chi connectivity index (χ1) is 18.8. The van der Waals surface area contributed by atoms with Gasteiger partial charge in [0.1, 0.15) is 5.76 Å². The molecule has 9 nitrogen and oxygen atoms in total. The number of carboxylic acid groups (broad SMARTS) is 1. The first-order valence-corrected chi connectivity index (χ1v) is 12.8. The number of aryl methyl sites for hydroxylation is 1. The molecule has 2 aromatic heterocycles. The Labute approximate surface area is 226 Å². The van der Waals surface area contributed by atoms with E-state index in [9.17, 15) is 24.6 Å². The first-order valence-electron chi connectivity index (χ1n) is 12.0. The van der Waals surface area contributed by atoms with Gasteiger partial charge in [-0.2, -0.15) is 0 Å². The predicted molar refractivity (Wildman–Crippen MR) is 147 cm³/mol. The SMILES string of the molecule is Cc1oc(-c2ccccc2)nc1CC(=O)N(Cc1ccc(-c2sc(=O)[nH]c2O)cc1)c1cccc(C(=O)O)c1. The fraction of sp³-hybridized carbons (Fsp3) is 0.103. The minimum Gasteiger partial charge on any atom is -0.493 e. The van der Waals surface area contributed by atoms with Crippen LogP contribution < -0.4 is 9.77 Å². The lowest BCUT2D eigenvalue weighted by Gasteiger charge is -2.23. The third-order valence-corrected chi connectivity index (χ3v) is 7.05. The van der Waals surface area contributed by atoms with Crippen molar-refractivity contribution in [3.8, 4) is 27.8 Å². The summed E-state index contributed by atoms with van der Waals surface area (Å²) in [5.74, 6) is -0.645. The van der Waals surface area contributed by atoms with Gasteiger partial charge in [-0.05, 0) is 48.4 Å². The van der Waals surface area contributed by atoms with Crippen LogP contribution in [-0.2, 0) is 17.8 Å². The molecule has 0 bridgehead atoms. The van der Waals surface area contributed by atoms with Crippen molar-refractivity contribution in [3.63, 3.8) is 0 Å². The van der Waals surface area contributed by atoms with Gasteiger partial charge in [0.05, 0.1) is 29.1 Å². The zero-order valence-electron chi connectivity index (χ0n) is 20.7. The van der Waals surface area contributed by atoms with Crippen LogP contribution in [0.3, 0.4) is 0 Å². The normalized spacial score (nSPS) is 10.9. The lowest BCUT2D eigenvalue weighted by molar-refractivity contribution is -0.118. The van der Waals surface area contributed by atoms with Gasteiger partial charge in [0.15, 0.2) is 0 Å². The molecule has 2 heterocycles. The molecule has 1 amide bonds. The number of aromatic nitrogens is 2. The molecule has 0 aliphatic rings. The Morgan fingerprint density at radius 1 is 1.00 bits per heavy atom. The van der Waals surface area contributed by atoms with Crippen molar-refractivity contribution in [2.75, 3.05) is 4.90 Å². The Balaban J connectivity index is 1.44. The second-order valence-corrected chi connectivity index (χ2v) is 9.77. The highest BCUT2D eigenvalue weighted by Gasteiger charge is 2.22. The summed E-state index contributed by atoms with van der Waals surface area (Å²) < 4.78 is 5.82. The van der Waals surface area contributed by atoms with Gasteiger partial charge in [0.25, 0.3) is 0 Å². The summed E-state index contributed by atoms with van der Waals surface area (Å²) in [6, 6.07) is 22.6. The fourth-order valence-electron chi connectivity index (χ4n) is 4.12. The Hall–Kier alpha value is -4.96. The number of carboxylic acids is 1. The fourth-order valence-corrected chi connectivity index (χ4v) is 4.86. The lowest BCUT2D eigenvalue weighted by Crippen LogP contribution is -2.32. The smallest absolute Gasteiger partial charge is 0.335 e. The molecule has 0 aliphatic heterocycles. The minimum absolute atomic E-state index is 0.0528. The number of aromatic carboxylic acids is 1. The highest BCUT2D eigenvalue weighted by molar-refractivity contribution is 7.13. The first kappa shape index (κ1) is 25.7. The molecule has 3 aromatic carbocycles. The van der Waals surface area contributed by atoms with Gasteiger partial charge in [0, 0.05) is 11.3 Å². The van der Waals surface area contributed by atoms with Crippen LogP contribution in [0.15, 0.2) is 88.1 Å². The van der Waals surface area contributed by atoms with Crippen molar-refractivity contribution in [3.05, 3.63) is 111 Å². The number of anilines is 1. The standard InChI is InChI=1S/C29H23N3O6S/c1-17-23(30-27(38-17)20-6-3-2-4-7-20)15-24(33)32(22-9-5-8-21(14-22)28(35)36)16-18-10-12-19(13-11-18)25-26(34)31-29(37)39-25/h2-14,34H,15-16H2,1H3,(H,31,37)(H,35,36). The number of carbonyl (C=O) groups is 2. The van der Waals surface area contributed by atoms with Crippen molar-refractivity contribution in [2.24, 2.45) is 0 Å². The zero-order chi connectivity index (χ0) is 27.5. The number of thiazole rings is 1. The van der Waals surface area contributed by atoms with Gasteiger partial charge >= 0.3 is 10.8 Å². The molecular formula is C29H23N3O6S. The van der Waals surface area contributed by atoms with E-state index in [1.807, 2.05) is 30.3 Å². The highest BCUT2D eigenvalue weighted by Crippen LogP contribution is 2.30. The van der Waals surface area contributed by atoms with Gasteiger partial charge in [-0.15, -0.1) is 0 Å². The molecule has 0 atom stereocenters. The monoisotopic (exact) mass is 541 g/mol. The molecule has 10 heteroatoms. The molecular weight excluding hydrogens is 518 g/mol. The van der Waals surface area contributed by atoms with Gasteiger partial charge < -0.3 is 19.5 Å². The number of H-pyrrole nitrogens is 1. The number of benzene rings is 3. The molecule has 5 aromatic rings. The van der Waals surface area contributed by atoms with Crippen LogP contribution in [0.4, 0.5) is 5.69 Å². The number of aromatic amines is 1. The molecule has 0 unspecified atom stereocenters. The Bertz CT molecular complexity index is 1700. The highest BCUT2D eigenvalue weighted by atomic mass is 32.1. The van der Waals surface area contributed by atoms with Crippen LogP contribution in [0.2, 0.25) is 0 Å². The molecule has 39 heavy (non-hydrogen) atoms. The van der Waals surface area contributed by atoms with E-state index in [4.69, 9.17) is 4.42 Å². The second kappa shape index (κ2) is 10.8. The maximum atomic E-state index is 13.7. The average Bonchev–Trinajstić information content (AvgIpc) is 3.48. The second-order valence-electron chi connectivity index (χ2n) is 8.79. The number of hydrogen-bond acceptors (Lipinski definition) is 7. The molecule has 3 N–H and O–H groups in total. The van der Waals surface area contributed by atoms with E-state index in [-0.39, 0.29) is 35.2 Å². The van der Waals surface area contributed by atoms with E-state index < -0.39 is 5.97 Å². The Morgan fingerprint density at radius 3 is 2.41 bits per heavy atom. The summed E-state index contributed by atoms with van der Waals surface area (Å²) in [6.07, 6.45) is -0.0528. The summed E-state index contributed by atoms with van der Waals surface area (Å²) in [4.78, 5) is 45.3. The molecule has 5 rings (SSSR count). The van der Waals surface area contributed by atoms with Gasteiger partial charge in [-0.25, -0.2) is 9.78 Å². The maximum absolute atomic E-state index is 13.7. The third-order valence-electron chi connectivity index (χ3n) is 6.13. The van der Waals surface area contributed by atoms with Crippen molar-refractivity contribution >= 4 is 28.9 Å². The number of amides is 1. The largest absolute Gasteiger partial charge is 0.493 e. The molecule has 0 aliphatic carbocycles. The Kier molecular flexibility index (Phi) is 7.11. The average molecular weight is 542 g/mol. The van der Waals surface area contributed by atoms with Crippen LogP contribution in [-0.4, -0.2) is 32.1 Å². The summed E-state index contributed by atoms with van der Waals surface area (Å²) >= 11 is 0.899. The van der Waals surface area contributed by atoms with E-state index in [1.165, 1.54) is 17.0 Å². The number of hydrogen-bond donors (Lipinski definition) is 3. The molecule has 0 spiro atoms. The van der Waals surface area contributed by atoms with Crippen molar-refractivity contribution in [2.45, 2.75) is 19.9 Å². The number of oxazole rings is 1. The summed E-state index contributed by atoms with van der Waals surface area (Å²) in [6.45, 7) is 1.90.